The zero-order chi connectivity index (χ0) is 14.5. The standard InChI is InChI=1S/C15H21N5/c1-5-6-16-14-11(3)8-18-15(20-14)19-13-7-10(2)12(4)17-9-13/h7-9H,5-6H2,1-4H3,(H2,16,18,19,20). The summed E-state index contributed by atoms with van der Waals surface area (Å²) in [5.74, 6) is 1.46. The Bertz CT molecular complexity index is 595. The van der Waals surface area contributed by atoms with E-state index in [1.165, 1.54) is 0 Å². The molecule has 0 saturated carbocycles. The third-order valence-corrected chi connectivity index (χ3v) is 3.11. The second-order valence-electron chi connectivity index (χ2n) is 4.90. The number of aryl methyl sites for hydroxylation is 3. The van der Waals surface area contributed by atoms with Gasteiger partial charge in [0.2, 0.25) is 5.95 Å². The van der Waals surface area contributed by atoms with Gasteiger partial charge in [-0.1, -0.05) is 6.92 Å². The summed E-state index contributed by atoms with van der Waals surface area (Å²) >= 11 is 0. The molecule has 0 unspecified atom stereocenters. The van der Waals surface area contributed by atoms with E-state index in [9.17, 15) is 0 Å². The van der Waals surface area contributed by atoms with Crippen LogP contribution in [0.25, 0.3) is 0 Å². The van der Waals surface area contributed by atoms with E-state index in [1.807, 2.05) is 33.0 Å². The van der Waals surface area contributed by atoms with E-state index in [0.717, 1.165) is 41.3 Å². The highest BCUT2D eigenvalue weighted by atomic mass is 15.1. The van der Waals surface area contributed by atoms with Gasteiger partial charge in [-0.05, 0) is 38.8 Å². The van der Waals surface area contributed by atoms with Gasteiger partial charge < -0.3 is 10.6 Å². The Morgan fingerprint density at radius 1 is 1.05 bits per heavy atom. The lowest BCUT2D eigenvalue weighted by Gasteiger charge is -2.10. The van der Waals surface area contributed by atoms with E-state index < -0.39 is 0 Å². The SMILES string of the molecule is CCCNc1nc(Nc2cnc(C)c(C)c2)ncc1C. The molecule has 0 aliphatic carbocycles. The number of hydrogen-bond donors (Lipinski definition) is 2. The summed E-state index contributed by atoms with van der Waals surface area (Å²) in [6.45, 7) is 9.07. The Morgan fingerprint density at radius 2 is 1.85 bits per heavy atom. The van der Waals surface area contributed by atoms with Gasteiger partial charge in [0.15, 0.2) is 0 Å². The van der Waals surface area contributed by atoms with Crippen LogP contribution in [-0.4, -0.2) is 21.5 Å². The van der Waals surface area contributed by atoms with Gasteiger partial charge in [0.05, 0.1) is 11.9 Å². The molecule has 0 atom stereocenters. The molecule has 5 nitrogen and oxygen atoms in total. The summed E-state index contributed by atoms with van der Waals surface area (Å²) in [4.78, 5) is 13.1. The zero-order valence-electron chi connectivity index (χ0n) is 12.5. The normalized spacial score (nSPS) is 10.4. The van der Waals surface area contributed by atoms with Crippen LogP contribution in [0.4, 0.5) is 17.5 Å². The van der Waals surface area contributed by atoms with Crippen LogP contribution in [0.5, 0.6) is 0 Å². The van der Waals surface area contributed by atoms with Crippen LogP contribution in [0, 0.1) is 20.8 Å². The lowest BCUT2D eigenvalue weighted by molar-refractivity contribution is 0.960. The van der Waals surface area contributed by atoms with Crippen LogP contribution in [-0.2, 0) is 0 Å². The quantitative estimate of drug-likeness (QED) is 0.873. The first-order valence-corrected chi connectivity index (χ1v) is 6.88. The van der Waals surface area contributed by atoms with Crippen LogP contribution >= 0.6 is 0 Å². The Labute approximate surface area is 119 Å². The molecule has 106 valence electrons. The molecule has 0 bridgehead atoms. The Morgan fingerprint density at radius 3 is 2.55 bits per heavy atom. The number of nitrogens with zero attached hydrogens (tertiary/aromatic N) is 3. The first-order valence-electron chi connectivity index (χ1n) is 6.88. The summed E-state index contributed by atoms with van der Waals surface area (Å²) in [6.07, 6.45) is 4.68. The summed E-state index contributed by atoms with van der Waals surface area (Å²) in [5.41, 5.74) is 4.12. The highest BCUT2D eigenvalue weighted by Crippen LogP contribution is 2.18. The smallest absolute Gasteiger partial charge is 0.229 e. The predicted octanol–water partition coefficient (Wildman–Crippen LogP) is 3.36. The molecule has 0 aromatic carbocycles. The number of anilines is 3. The van der Waals surface area contributed by atoms with Gasteiger partial charge in [-0.15, -0.1) is 0 Å². The van der Waals surface area contributed by atoms with Crippen LogP contribution < -0.4 is 10.6 Å². The summed E-state index contributed by atoms with van der Waals surface area (Å²) in [7, 11) is 0. The molecule has 2 aromatic heterocycles. The molecular formula is C15H21N5. The molecule has 0 amide bonds. The average molecular weight is 271 g/mol. The van der Waals surface area contributed by atoms with Crippen LogP contribution in [0.15, 0.2) is 18.5 Å². The van der Waals surface area contributed by atoms with Gasteiger partial charge in [0, 0.05) is 24.0 Å². The molecule has 0 aliphatic heterocycles. The second-order valence-corrected chi connectivity index (χ2v) is 4.90. The van der Waals surface area contributed by atoms with Crippen LogP contribution in [0.1, 0.15) is 30.2 Å². The molecule has 0 radical (unpaired) electrons. The van der Waals surface area contributed by atoms with Crippen molar-refractivity contribution in [2.75, 3.05) is 17.2 Å². The van der Waals surface area contributed by atoms with Gasteiger partial charge in [-0.3, -0.25) is 4.98 Å². The van der Waals surface area contributed by atoms with E-state index in [-0.39, 0.29) is 0 Å². The lowest BCUT2D eigenvalue weighted by Crippen LogP contribution is -2.07. The fourth-order valence-electron chi connectivity index (χ4n) is 1.77. The molecule has 0 fully saturated rings. The lowest BCUT2D eigenvalue weighted by atomic mass is 10.2. The Hall–Kier alpha value is -2.17. The molecule has 20 heavy (non-hydrogen) atoms. The second kappa shape index (κ2) is 6.32. The van der Waals surface area contributed by atoms with Crippen molar-refractivity contribution in [3.8, 4) is 0 Å². The van der Waals surface area contributed by atoms with Crippen molar-refractivity contribution in [1.29, 1.82) is 0 Å². The first-order chi connectivity index (χ1) is 9.60. The van der Waals surface area contributed by atoms with Crippen molar-refractivity contribution in [1.82, 2.24) is 15.0 Å². The largest absolute Gasteiger partial charge is 0.370 e. The van der Waals surface area contributed by atoms with Crippen molar-refractivity contribution in [2.24, 2.45) is 0 Å². The average Bonchev–Trinajstić information content (AvgIpc) is 2.43. The molecule has 5 heteroatoms. The molecule has 2 heterocycles. The van der Waals surface area contributed by atoms with Gasteiger partial charge in [-0.25, -0.2) is 4.98 Å². The number of rotatable bonds is 5. The molecule has 0 saturated heterocycles. The number of hydrogen-bond acceptors (Lipinski definition) is 5. The minimum absolute atomic E-state index is 0.583. The maximum atomic E-state index is 4.50. The monoisotopic (exact) mass is 271 g/mol. The predicted molar refractivity (Wildman–Crippen MR) is 82.5 cm³/mol. The minimum Gasteiger partial charge on any atom is -0.370 e. The van der Waals surface area contributed by atoms with E-state index in [4.69, 9.17) is 0 Å². The van der Waals surface area contributed by atoms with Gasteiger partial charge in [0.1, 0.15) is 5.82 Å². The zero-order valence-corrected chi connectivity index (χ0v) is 12.5. The molecule has 2 rings (SSSR count). The maximum absolute atomic E-state index is 4.50. The van der Waals surface area contributed by atoms with Crippen LogP contribution in [0.2, 0.25) is 0 Å². The van der Waals surface area contributed by atoms with Gasteiger partial charge >= 0.3 is 0 Å². The van der Waals surface area contributed by atoms with Crippen molar-refractivity contribution < 1.29 is 0 Å². The van der Waals surface area contributed by atoms with Crippen LogP contribution in [0.3, 0.4) is 0 Å². The van der Waals surface area contributed by atoms with Crippen molar-refractivity contribution in [3.05, 3.63) is 35.3 Å². The van der Waals surface area contributed by atoms with Crippen molar-refractivity contribution in [2.45, 2.75) is 34.1 Å². The fraction of sp³-hybridized carbons (Fsp3) is 0.400. The van der Waals surface area contributed by atoms with E-state index in [0.29, 0.717) is 5.95 Å². The highest BCUT2D eigenvalue weighted by Gasteiger charge is 2.04. The van der Waals surface area contributed by atoms with Crippen molar-refractivity contribution in [3.63, 3.8) is 0 Å². The molecular weight excluding hydrogens is 250 g/mol. The maximum Gasteiger partial charge on any atom is 0.229 e. The Kier molecular flexibility index (Phi) is 4.50. The Balaban J connectivity index is 2.18. The number of aromatic nitrogens is 3. The number of pyridine rings is 1. The molecule has 2 N–H and O–H groups in total. The summed E-state index contributed by atoms with van der Waals surface area (Å²) in [5, 5.41) is 6.49. The first kappa shape index (κ1) is 14.2. The highest BCUT2D eigenvalue weighted by molar-refractivity contribution is 5.56. The van der Waals surface area contributed by atoms with Gasteiger partial charge in [-0.2, -0.15) is 4.98 Å². The third-order valence-electron chi connectivity index (χ3n) is 3.11. The number of nitrogens with one attached hydrogen (secondary N) is 2. The topological polar surface area (TPSA) is 62.7 Å². The van der Waals surface area contributed by atoms with E-state index >= 15 is 0 Å². The van der Waals surface area contributed by atoms with Crippen molar-refractivity contribution >= 4 is 17.5 Å². The van der Waals surface area contributed by atoms with E-state index in [2.05, 4.69) is 32.5 Å². The third kappa shape index (κ3) is 3.44. The molecule has 0 spiro atoms. The van der Waals surface area contributed by atoms with Gasteiger partial charge in [0.25, 0.3) is 0 Å². The molecule has 0 aliphatic rings. The minimum atomic E-state index is 0.583. The fourth-order valence-corrected chi connectivity index (χ4v) is 1.77. The summed E-state index contributed by atoms with van der Waals surface area (Å²) < 4.78 is 0. The molecule has 2 aromatic rings. The summed E-state index contributed by atoms with van der Waals surface area (Å²) in [6, 6.07) is 2.05. The van der Waals surface area contributed by atoms with E-state index in [1.54, 1.807) is 6.20 Å².